The van der Waals surface area contributed by atoms with Gasteiger partial charge >= 0.3 is 6.03 Å². The molecule has 144 valence electrons. The van der Waals surface area contributed by atoms with Crippen LogP contribution < -0.4 is 20.7 Å². The molecule has 2 rings (SSSR count). The maximum Gasteiger partial charge on any atom is 0.319 e. The number of carbonyl (C=O) groups excluding carboxylic acids is 2. The molecule has 0 saturated carbocycles. The monoisotopic (exact) mass is 369 g/mol. The lowest BCUT2D eigenvalue weighted by Crippen LogP contribution is -2.30. The van der Waals surface area contributed by atoms with E-state index >= 15 is 0 Å². The number of benzene rings is 2. The molecule has 0 spiro atoms. The average Bonchev–Trinajstić information content (AvgIpc) is 2.61. The van der Waals surface area contributed by atoms with Gasteiger partial charge in [-0.15, -0.1) is 0 Å². The zero-order valence-electron chi connectivity index (χ0n) is 16.0. The summed E-state index contributed by atoms with van der Waals surface area (Å²) in [5.41, 5.74) is 2.63. The van der Waals surface area contributed by atoms with E-state index in [9.17, 15) is 9.59 Å². The van der Waals surface area contributed by atoms with Crippen LogP contribution >= 0.6 is 0 Å². The minimum atomic E-state index is -0.226. The van der Waals surface area contributed by atoms with Crippen molar-refractivity contribution in [3.05, 3.63) is 54.1 Å². The third-order valence-electron chi connectivity index (χ3n) is 3.86. The second kappa shape index (κ2) is 10.2. The van der Waals surface area contributed by atoms with Crippen molar-refractivity contribution in [2.45, 2.75) is 33.1 Å². The van der Waals surface area contributed by atoms with Crippen molar-refractivity contribution in [1.82, 2.24) is 5.32 Å². The van der Waals surface area contributed by atoms with Crippen LogP contribution in [0, 0.1) is 0 Å². The SMILES string of the molecule is CC(=O)Nc1cccc(OCCCNC(=O)Nc2ccccc2C(C)C)c1. The predicted octanol–water partition coefficient (Wildman–Crippen LogP) is 4.36. The van der Waals surface area contributed by atoms with Crippen molar-refractivity contribution in [2.75, 3.05) is 23.8 Å². The van der Waals surface area contributed by atoms with Gasteiger partial charge in [0, 0.05) is 30.9 Å². The molecule has 0 bridgehead atoms. The fraction of sp³-hybridized carbons (Fsp3) is 0.333. The van der Waals surface area contributed by atoms with Gasteiger partial charge in [-0.3, -0.25) is 4.79 Å². The maximum atomic E-state index is 12.1. The van der Waals surface area contributed by atoms with E-state index in [0.29, 0.717) is 36.9 Å². The summed E-state index contributed by atoms with van der Waals surface area (Å²) in [6.07, 6.45) is 0.670. The Balaban J connectivity index is 1.71. The number of hydrogen-bond donors (Lipinski definition) is 3. The summed E-state index contributed by atoms with van der Waals surface area (Å²) in [7, 11) is 0. The van der Waals surface area contributed by atoms with E-state index in [1.54, 1.807) is 12.1 Å². The number of nitrogens with one attached hydrogen (secondary N) is 3. The molecule has 0 aliphatic heterocycles. The first-order valence-electron chi connectivity index (χ1n) is 9.10. The van der Waals surface area contributed by atoms with Crippen molar-refractivity contribution in [1.29, 1.82) is 0 Å². The molecular formula is C21H27N3O3. The summed E-state index contributed by atoms with van der Waals surface area (Å²) in [5.74, 6) is 0.890. The van der Waals surface area contributed by atoms with E-state index in [-0.39, 0.29) is 11.9 Å². The lowest BCUT2D eigenvalue weighted by molar-refractivity contribution is -0.114. The molecule has 0 heterocycles. The summed E-state index contributed by atoms with van der Waals surface area (Å²) in [4.78, 5) is 23.1. The van der Waals surface area contributed by atoms with Crippen LogP contribution in [0.2, 0.25) is 0 Å². The van der Waals surface area contributed by atoms with Gasteiger partial charge in [0.1, 0.15) is 5.75 Å². The summed E-state index contributed by atoms with van der Waals surface area (Å²) in [6.45, 7) is 6.62. The highest BCUT2D eigenvalue weighted by atomic mass is 16.5. The topological polar surface area (TPSA) is 79.5 Å². The van der Waals surface area contributed by atoms with Crippen molar-refractivity contribution >= 4 is 23.3 Å². The molecule has 0 aliphatic rings. The minimum Gasteiger partial charge on any atom is -0.493 e. The Morgan fingerprint density at radius 2 is 1.81 bits per heavy atom. The van der Waals surface area contributed by atoms with Crippen LogP contribution in [0.25, 0.3) is 0 Å². The third kappa shape index (κ3) is 7.01. The molecule has 0 saturated heterocycles. The molecule has 6 nitrogen and oxygen atoms in total. The van der Waals surface area contributed by atoms with E-state index in [0.717, 1.165) is 11.3 Å². The Morgan fingerprint density at radius 3 is 2.56 bits per heavy atom. The Labute approximate surface area is 160 Å². The summed E-state index contributed by atoms with van der Waals surface area (Å²) in [6, 6.07) is 14.8. The van der Waals surface area contributed by atoms with Crippen LogP contribution in [0.4, 0.5) is 16.2 Å². The van der Waals surface area contributed by atoms with Crippen LogP contribution in [0.3, 0.4) is 0 Å². The van der Waals surface area contributed by atoms with Crippen molar-refractivity contribution in [3.63, 3.8) is 0 Å². The van der Waals surface area contributed by atoms with Crippen LogP contribution in [0.5, 0.6) is 5.75 Å². The molecule has 0 aliphatic carbocycles. The van der Waals surface area contributed by atoms with E-state index in [1.807, 2.05) is 36.4 Å². The van der Waals surface area contributed by atoms with Crippen LogP contribution in [0.1, 0.15) is 38.7 Å². The number of hydrogen-bond acceptors (Lipinski definition) is 3. The third-order valence-corrected chi connectivity index (χ3v) is 3.86. The zero-order chi connectivity index (χ0) is 19.6. The number of urea groups is 1. The van der Waals surface area contributed by atoms with Gasteiger partial charge in [0.05, 0.1) is 6.61 Å². The number of ether oxygens (including phenoxy) is 1. The second-order valence-corrected chi connectivity index (χ2v) is 6.53. The van der Waals surface area contributed by atoms with Crippen LogP contribution in [-0.2, 0) is 4.79 Å². The summed E-state index contributed by atoms with van der Waals surface area (Å²) < 4.78 is 5.66. The van der Waals surface area contributed by atoms with Crippen LogP contribution in [-0.4, -0.2) is 25.1 Å². The Morgan fingerprint density at radius 1 is 1.04 bits per heavy atom. The number of anilines is 2. The molecule has 0 fully saturated rings. The first kappa shape index (κ1) is 20.3. The fourth-order valence-electron chi connectivity index (χ4n) is 2.61. The average molecular weight is 369 g/mol. The highest BCUT2D eigenvalue weighted by Gasteiger charge is 2.08. The predicted molar refractivity (Wildman–Crippen MR) is 108 cm³/mol. The van der Waals surface area contributed by atoms with Crippen molar-refractivity contribution < 1.29 is 14.3 Å². The molecule has 0 radical (unpaired) electrons. The smallest absolute Gasteiger partial charge is 0.319 e. The maximum absolute atomic E-state index is 12.1. The van der Waals surface area contributed by atoms with Gasteiger partial charge in [-0.2, -0.15) is 0 Å². The molecule has 0 atom stereocenters. The van der Waals surface area contributed by atoms with Gasteiger partial charge < -0.3 is 20.7 Å². The van der Waals surface area contributed by atoms with E-state index in [4.69, 9.17) is 4.74 Å². The van der Waals surface area contributed by atoms with Gasteiger partial charge in [-0.05, 0) is 36.1 Å². The molecular weight excluding hydrogens is 342 g/mol. The molecule has 0 unspecified atom stereocenters. The van der Waals surface area contributed by atoms with Gasteiger partial charge in [0.2, 0.25) is 5.91 Å². The molecule has 3 N–H and O–H groups in total. The number of amides is 3. The molecule has 2 aromatic carbocycles. The lowest BCUT2D eigenvalue weighted by atomic mass is 10.0. The first-order valence-corrected chi connectivity index (χ1v) is 9.10. The number of rotatable bonds is 8. The zero-order valence-corrected chi connectivity index (χ0v) is 16.0. The fourth-order valence-corrected chi connectivity index (χ4v) is 2.61. The number of carbonyl (C=O) groups is 2. The van der Waals surface area contributed by atoms with Crippen LogP contribution in [0.15, 0.2) is 48.5 Å². The Kier molecular flexibility index (Phi) is 7.67. The first-order chi connectivity index (χ1) is 13.0. The second-order valence-electron chi connectivity index (χ2n) is 6.53. The summed E-state index contributed by atoms with van der Waals surface area (Å²) in [5, 5.41) is 8.44. The molecule has 6 heteroatoms. The lowest BCUT2D eigenvalue weighted by Gasteiger charge is -2.14. The standard InChI is InChI=1S/C21H27N3O3/c1-15(2)19-10-4-5-11-20(19)24-21(26)22-12-7-13-27-18-9-6-8-17(14-18)23-16(3)25/h4-6,8-11,14-15H,7,12-13H2,1-3H3,(H,23,25)(H2,22,24,26). The number of para-hydroxylation sites is 1. The molecule has 0 aromatic heterocycles. The quantitative estimate of drug-likeness (QED) is 0.605. The molecule has 27 heavy (non-hydrogen) atoms. The highest BCUT2D eigenvalue weighted by Crippen LogP contribution is 2.23. The van der Waals surface area contributed by atoms with E-state index < -0.39 is 0 Å². The Hall–Kier alpha value is -3.02. The highest BCUT2D eigenvalue weighted by molar-refractivity contribution is 5.90. The summed E-state index contributed by atoms with van der Waals surface area (Å²) >= 11 is 0. The largest absolute Gasteiger partial charge is 0.493 e. The van der Waals surface area contributed by atoms with Gasteiger partial charge in [-0.1, -0.05) is 38.1 Å². The van der Waals surface area contributed by atoms with E-state index in [1.165, 1.54) is 6.92 Å². The van der Waals surface area contributed by atoms with Gasteiger partial charge in [0.25, 0.3) is 0 Å². The minimum absolute atomic E-state index is 0.124. The van der Waals surface area contributed by atoms with E-state index in [2.05, 4.69) is 29.8 Å². The Bertz CT molecular complexity index is 775. The van der Waals surface area contributed by atoms with Crippen molar-refractivity contribution in [2.24, 2.45) is 0 Å². The van der Waals surface area contributed by atoms with Gasteiger partial charge in [0.15, 0.2) is 0 Å². The van der Waals surface area contributed by atoms with Crippen molar-refractivity contribution in [3.8, 4) is 5.75 Å². The normalized spacial score (nSPS) is 10.4. The molecule has 3 amide bonds. The molecule has 2 aromatic rings. The van der Waals surface area contributed by atoms with Gasteiger partial charge in [-0.25, -0.2) is 4.79 Å².